The summed E-state index contributed by atoms with van der Waals surface area (Å²) in [5.41, 5.74) is 3.77. The van der Waals surface area contributed by atoms with Gasteiger partial charge in [-0.1, -0.05) is 40.1 Å². The van der Waals surface area contributed by atoms with Gasteiger partial charge in [0, 0.05) is 0 Å². The first kappa shape index (κ1) is 15.4. The van der Waals surface area contributed by atoms with Crippen molar-refractivity contribution in [3.63, 3.8) is 0 Å². The second-order valence-electron chi connectivity index (χ2n) is 7.08. The smallest absolute Gasteiger partial charge is 0.0138 e. The van der Waals surface area contributed by atoms with Crippen LogP contribution in [0.2, 0.25) is 0 Å². The van der Waals surface area contributed by atoms with E-state index in [1.54, 1.807) is 5.57 Å². The Morgan fingerprint density at radius 1 is 1.37 bits per heavy atom. The van der Waals surface area contributed by atoms with Gasteiger partial charge in [-0.25, -0.2) is 0 Å². The van der Waals surface area contributed by atoms with Gasteiger partial charge in [-0.3, -0.25) is 0 Å². The van der Waals surface area contributed by atoms with Gasteiger partial charge in [0.1, 0.15) is 0 Å². The van der Waals surface area contributed by atoms with Crippen LogP contribution in [0.1, 0.15) is 72.1 Å². The van der Waals surface area contributed by atoms with E-state index in [0.717, 1.165) is 11.8 Å². The molecule has 0 saturated heterocycles. The maximum Gasteiger partial charge on any atom is -0.0138 e. The molecule has 0 nitrogen and oxygen atoms in total. The van der Waals surface area contributed by atoms with E-state index >= 15 is 0 Å². The van der Waals surface area contributed by atoms with Crippen molar-refractivity contribution in [3.05, 3.63) is 22.2 Å². The number of halogens is 1. The van der Waals surface area contributed by atoms with E-state index < -0.39 is 0 Å². The molecule has 0 heterocycles. The van der Waals surface area contributed by atoms with E-state index in [1.165, 1.54) is 56.9 Å². The van der Waals surface area contributed by atoms with Gasteiger partial charge in [0.2, 0.25) is 0 Å². The van der Waals surface area contributed by atoms with Gasteiger partial charge < -0.3 is 0 Å². The summed E-state index contributed by atoms with van der Waals surface area (Å²) < 4.78 is 0. The van der Waals surface area contributed by atoms with Crippen molar-refractivity contribution in [1.29, 1.82) is 0 Å². The monoisotopic (exact) mass is 324 g/mol. The molecular formula is C18H29Br. The van der Waals surface area contributed by atoms with E-state index in [1.807, 2.05) is 0 Å². The highest BCUT2D eigenvalue weighted by atomic mass is 79.9. The van der Waals surface area contributed by atoms with Gasteiger partial charge in [-0.2, -0.15) is 0 Å². The van der Waals surface area contributed by atoms with Gasteiger partial charge in [-0.15, -0.1) is 0 Å². The van der Waals surface area contributed by atoms with Crippen LogP contribution in [0.25, 0.3) is 0 Å². The average molecular weight is 325 g/mol. The number of hydrogen-bond acceptors (Lipinski definition) is 0. The Balaban J connectivity index is 1.94. The first-order chi connectivity index (χ1) is 9.08. The minimum Gasteiger partial charge on any atom is -0.0859 e. The Labute approximate surface area is 127 Å². The van der Waals surface area contributed by atoms with E-state index in [-0.39, 0.29) is 0 Å². The molecule has 19 heavy (non-hydrogen) atoms. The number of unbranched alkanes of at least 4 members (excludes halogenated alkanes) is 1. The lowest BCUT2D eigenvalue weighted by Crippen LogP contribution is -2.33. The highest BCUT2D eigenvalue weighted by Gasteiger charge is 2.48. The number of fused-ring (bicyclic) bond motifs is 1. The lowest BCUT2D eigenvalue weighted by atomic mass is 9.63. The lowest BCUT2D eigenvalue weighted by molar-refractivity contribution is 0.128. The second kappa shape index (κ2) is 6.61. The van der Waals surface area contributed by atoms with Crippen molar-refractivity contribution >= 4 is 15.9 Å². The van der Waals surface area contributed by atoms with E-state index in [2.05, 4.69) is 47.8 Å². The molecule has 2 fully saturated rings. The third-order valence-corrected chi connectivity index (χ3v) is 6.20. The topological polar surface area (TPSA) is 0 Å². The standard InChI is InChI=1S/C18H29Br/c1-14(2)7-4-5-9-16-10-11-17-15(13-19)8-6-12-18(16,17)3/h7,13,16-17H,4-6,8-12H2,1-3H3/b15-13+. The maximum absolute atomic E-state index is 3.60. The van der Waals surface area contributed by atoms with E-state index in [4.69, 9.17) is 0 Å². The molecule has 0 spiro atoms. The third-order valence-electron chi connectivity index (χ3n) is 5.61. The molecule has 0 aromatic carbocycles. The zero-order chi connectivity index (χ0) is 13.9. The minimum atomic E-state index is 0.600. The van der Waals surface area contributed by atoms with Gasteiger partial charge >= 0.3 is 0 Å². The predicted molar refractivity (Wildman–Crippen MR) is 88.5 cm³/mol. The van der Waals surface area contributed by atoms with Crippen molar-refractivity contribution in [2.45, 2.75) is 72.1 Å². The quantitative estimate of drug-likeness (QED) is 0.402. The van der Waals surface area contributed by atoms with Crippen LogP contribution in [0, 0.1) is 17.3 Å². The molecule has 0 amide bonds. The first-order valence-corrected chi connectivity index (χ1v) is 8.92. The van der Waals surface area contributed by atoms with Crippen LogP contribution in [0.4, 0.5) is 0 Å². The summed E-state index contributed by atoms with van der Waals surface area (Å²) >= 11 is 3.60. The van der Waals surface area contributed by atoms with Crippen molar-refractivity contribution in [2.75, 3.05) is 0 Å². The van der Waals surface area contributed by atoms with Crippen LogP contribution in [-0.4, -0.2) is 0 Å². The third kappa shape index (κ3) is 3.35. The van der Waals surface area contributed by atoms with Crippen LogP contribution in [-0.2, 0) is 0 Å². The molecule has 0 aromatic rings. The highest BCUT2D eigenvalue weighted by Crippen LogP contribution is 2.58. The van der Waals surface area contributed by atoms with Crippen molar-refractivity contribution < 1.29 is 0 Å². The summed E-state index contributed by atoms with van der Waals surface area (Å²) in [4.78, 5) is 2.24. The summed E-state index contributed by atoms with van der Waals surface area (Å²) in [6, 6.07) is 0. The molecule has 0 N–H and O–H groups in total. The fourth-order valence-corrected chi connectivity index (χ4v) is 5.05. The minimum absolute atomic E-state index is 0.600. The molecule has 2 aliphatic carbocycles. The number of hydrogen-bond donors (Lipinski definition) is 0. The molecule has 0 aromatic heterocycles. The molecule has 1 heteroatoms. The Hall–Kier alpha value is -0.0400. The van der Waals surface area contributed by atoms with Gasteiger partial charge in [-0.05, 0) is 87.5 Å². The number of allylic oxidation sites excluding steroid dienone is 3. The van der Waals surface area contributed by atoms with Crippen LogP contribution < -0.4 is 0 Å². The Bertz CT molecular complexity index is 362. The Morgan fingerprint density at radius 3 is 2.84 bits per heavy atom. The lowest BCUT2D eigenvalue weighted by Gasteiger charge is -2.42. The SMILES string of the molecule is CC(C)=CCCCC1CCC2/C(=C/Br)CCCC12C. The maximum atomic E-state index is 3.60. The molecule has 2 saturated carbocycles. The zero-order valence-corrected chi connectivity index (χ0v) is 14.4. The molecular weight excluding hydrogens is 296 g/mol. The van der Waals surface area contributed by atoms with Crippen molar-refractivity contribution in [3.8, 4) is 0 Å². The normalized spacial score (nSPS) is 36.3. The summed E-state index contributed by atoms with van der Waals surface area (Å²) in [5, 5.41) is 0. The zero-order valence-electron chi connectivity index (χ0n) is 12.8. The predicted octanol–water partition coefficient (Wildman–Crippen LogP) is 6.62. The average Bonchev–Trinajstić information content (AvgIpc) is 2.71. The summed E-state index contributed by atoms with van der Waals surface area (Å²) in [6.45, 7) is 6.99. The molecule has 0 bridgehead atoms. The highest BCUT2D eigenvalue weighted by molar-refractivity contribution is 9.11. The summed E-state index contributed by atoms with van der Waals surface area (Å²) in [6.07, 6.45) is 13.6. The largest absolute Gasteiger partial charge is 0.0859 e. The van der Waals surface area contributed by atoms with Crippen LogP contribution in [0.3, 0.4) is 0 Å². The fourth-order valence-electron chi connectivity index (χ4n) is 4.51. The van der Waals surface area contributed by atoms with Crippen LogP contribution in [0.15, 0.2) is 22.2 Å². The summed E-state index contributed by atoms with van der Waals surface area (Å²) in [7, 11) is 0. The molecule has 0 aliphatic heterocycles. The van der Waals surface area contributed by atoms with Gasteiger partial charge in [0.05, 0.1) is 0 Å². The van der Waals surface area contributed by atoms with E-state index in [0.29, 0.717) is 5.41 Å². The summed E-state index contributed by atoms with van der Waals surface area (Å²) in [5.74, 6) is 1.83. The molecule has 0 radical (unpaired) electrons. The van der Waals surface area contributed by atoms with Crippen LogP contribution in [0.5, 0.6) is 0 Å². The molecule has 2 aliphatic rings. The molecule has 3 unspecified atom stereocenters. The molecule has 2 rings (SSSR count). The van der Waals surface area contributed by atoms with E-state index in [9.17, 15) is 0 Å². The van der Waals surface area contributed by atoms with Crippen LogP contribution >= 0.6 is 15.9 Å². The number of rotatable bonds is 4. The first-order valence-electron chi connectivity index (χ1n) is 8.00. The van der Waals surface area contributed by atoms with Crippen molar-refractivity contribution in [2.24, 2.45) is 17.3 Å². The molecule has 3 atom stereocenters. The van der Waals surface area contributed by atoms with Crippen molar-refractivity contribution in [1.82, 2.24) is 0 Å². The fraction of sp³-hybridized carbons (Fsp3) is 0.778. The second-order valence-corrected chi connectivity index (χ2v) is 7.54. The Morgan fingerprint density at radius 2 is 2.16 bits per heavy atom. The van der Waals surface area contributed by atoms with Gasteiger partial charge in [0.15, 0.2) is 0 Å². The van der Waals surface area contributed by atoms with Gasteiger partial charge in [0.25, 0.3) is 0 Å². The molecule has 108 valence electrons. The Kier molecular flexibility index (Phi) is 5.34.